The summed E-state index contributed by atoms with van der Waals surface area (Å²) < 4.78 is 6.71. The van der Waals surface area contributed by atoms with Crippen LogP contribution in [0, 0.1) is 0 Å². The van der Waals surface area contributed by atoms with Crippen molar-refractivity contribution in [2.45, 2.75) is 18.9 Å². The van der Waals surface area contributed by atoms with Crippen LogP contribution in [0.2, 0.25) is 0 Å². The molecular weight excluding hydrogens is 210 g/mol. The molecule has 1 unspecified atom stereocenters. The van der Waals surface area contributed by atoms with Crippen LogP contribution in [0.5, 0.6) is 0 Å². The number of hydrogen-bond acceptors (Lipinski definition) is 3. The number of aryl methyl sites for hydroxylation is 1. The summed E-state index contributed by atoms with van der Waals surface area (Å²) in [5.74, 6) is -1.16. The fourth-order valence-electron chi connectivity index (χ4n) is 1.88. The Morgan fingerprint density at radius 1 is 1.56 bits per heavy atom. The second kappa shape index (κ2) is 4.09. The van der Waals surface area contributed by atoms with E-state index in [9.17, 15) is 9.59 Å². The van der Waals surface area contributed by atoms with Gasteiger partial charge in [-0.1, -0.05) is 0 Å². The lowest BCUT2D eigenvalue weighted by Crippen LogP contribution is -2.18. The van der Waals surface area contributed by atoms with Gasteiger partial charge < -0.3 is 14.4 Å². The summed E-state index contributed by atoms with van der Waals surface area (Å²) in [4.78, 5) is 22.7. The number of rotatable bonds is 3. The van der Waals surface area contributed by atoms with Crippen LogP contribution in [0.4, 0.5) is 0 Å². The van der Waals surface area contributed by atoms with Crippen LogP contribution in [-0.4, -0.2) is 34.1 Å². The summed E-state index contributed by atoms with van der Waals surface area (Å²) >= 11 is 0. The van der Waals surface area contributed by atoms with E-state index in [0.29, 0.717) is 12.2 Å². The number of hydrogen-bond donors (Lipinski definition) is 1. The quantitative estimate of drug-likeness (QED) is 0.779. The predicted molar refractivity (Wildman–Crippen MR) is 55.7 cm³/mol. The average molecular weight is 223 g/mol. The van der Waals surface area contributed by atoms with Crippen molar-refractivity contribution >= 4 is 11.8 Å². The number of carbonyl (C=O) groups is 2. The fraction of sp³-hybridized carbons (Fsp3) is 0.455. The van der Waals surface area contributed by atoms with Crippen molar-refractivity contribution in [3.05, 3.63) is 23.5 Å². The first-order valence-electron chi connectivity index (χ1n) is 5.15. The van der Waals surface area contributed by atoms with Crippen LogP contribution in [0.1, 0.15) is 33.7 Å². The van der Waals surface area contributed by atoms with Crippen LogP contribution >= 0.6 is 0 Å². The Hall–Kier alpha value is -1.62. The Balaban J connectivity index is 2.23. The lowest BCUT2D eigenvalue weighted by atomic mass is 10.1. The van der Waals surface area contributed by atoms with E-state index in [-0.39, 0.29) is 11.5 Å². The summed E-state index contributed by atoms with van der Waals surface area (Å²) in [6.07, 6.45) is 2.74. The van der Waals surface area contributed by atoms with E-state index in [1.807, 2.05) is 0 Å². The van der Waals surface area contributed by atoms with Gasteiger partial charge in [-0.25, -0.2) is 4.79 Å². The molecule has 5 heteroatoms. The summed E-state index contributed by atoms with van der Waals surface area (Å²) in [6, 6.07) is 1.40. The number of nitrogens with zero attached hydrogens (tertiary/aromatic N) is 1. The third-order valence-corrected chi connectivity index (χ3v) is 2.73. The van der Waals surface area contributed by atoms with E-state index < -0.39 is 12.1 Å². The maximum atomic E-state index is 11.9. The standard InChI is InChI=1S/C11H13NO4/c1-12-6-7(5-8(12)11(14)15)10(13)9-3-2-4-16-9/h5-6,9H,2-4H2,1H3,(H,14,15). The molecule has 1 atom stereocenters. The number of carboxylic acids is 1. The summed E-state index contributed by atoms with van der Waals surface area (Å²) in [5, 5.41) is 8.86. The van der Waals surface area contributed by atoms with Crippen molar-refractivity contribution in [3.63, 3.8) is 0 Å². The molecule has 1 N–H and O–H groups in total. The van der Waals surface area contributed by atoms with Crippen LogP contribution < -0.4 is 0 Å². The van der Waals surface area contributed by atoms with Gasteiger partial charge >= 0.3 is 5.97 Å². The molecule has 5 nitrogen and oxygen atoms in total. The molecule has 0 aromatic carbocycles. The summed E-state index contributed by atoms with van der Waals surface area (Å²) in [5.41, 5.74) is 0.521. The molecule has 0 aliphatic carbocycles. The molecule has 1 fully saturated rings. The van der Waals surface area contributed by atoms with Crippen molar-refractivity contribution in [3.8, 4) is 0 Å². The minimum Gasteiger partial charge on any atom is -0.477 e. The minimum absolute atomic E-state index is 0.112. The number of ether oxygens (including phenoxy) is 1. The Bertz CT molecular complexity index is 429. The van der Waals surface area contributed by atoms with Gasteiger partial charge in [0.25, 0.3) is 0 Å². The van der Waals surface area contributed by atoms with E-state index >= 15 is 0 Å². The van der Waals surface area contributed by atoms with Crippen LogP contribution in [0.25, 0.3) is 0 Å². The van der Waals surface area contributed by atoms with Crippen LogP contribution in [0.15, 0.2) is 12.3 Å². The molecule has 1 aliphatic heterocycles. The van der Waals surface area contributed by atoms with Crippen molar-refractivity contribution in [1.82, 2.24) is 4.57 Å². The maximum Gasteiger partial charge on any atom is 0.352 e. The van der Waals surface area contributed by atoms with E-state index in [2.05, 4.69) is 0 Å². The summed E-state index contributed by atoms with van der Waals surface area (Å²) in [7, 11) is 1.61. The zero-order valence-electron chi connectivity index (χ0n) is 8.97. The first-order chi connectivity index (χ1) is 7.59. The van der Waals surface area contributed by atoms with Gasteiger partial charge in [-0.15, -0.1) is 0 Å². The van der Waals surface area contributed by atoms with E-state index in [0.717, 1.165) is 12.8 Å². The topological polar surface area (TPSA) is 68.5 Å². The number of carbonyl (C=O) groups excluding carboxylic acids is 1. The third-order valence-electron chi connectivity index (χ3n) is 2.73. The molecule has 86 valence electrons. The van der Waals surface area contributed by atoms with Gasteiger partial charge in [0.2, 0.25) is 0 Å². The van der Waals surface area contributed by atoms with Gasteiger partial charge in [-0.05, 0) is 18.9 Å². The van der Waals surface area contributed by atoms with Crippen molar-refractivity contribution in [2.24, 2.45) is 7.05 Å². The SMILES string of the molecule is Cn1cc(C(=O)C2CCCO2)cc1C(=O)O. The number of aromatic nitrogens is 1. The van der Waals surface area contributed by atoms with E-state index in [1.165, 1.54) is 16.8 Å². The smallest absolute Gasteiger partial charge is 0.352 e. The molecule has 1 aromatic rings. The minimum atomic E-state index is -1.03. The third kappa shape index (κ3) is 1.86. The molecule has 0 bridgehead atoms. The molecule has 16 heavy (non-hydrogen) atoms. The second-order valence-corrected chi connectivity index (χ2v) is 3.90. The van der Waals surface area contributed by atoms with Gasteiger partial charge in [0, 0.05) is 25.4 Å². The van der Waals surface area contributed by atoms with Gasteiger partial charge in [0.15, 0.2) is 5.78 Å². The molecule has 0 spiro atoms. The number of aromatic carboxylic acids is 1. The zero-order valence-corrected chi connectivity index (χ0v) is 8.97. The largest absolute Gasteiger partial charge is 0.477 e. The Kier molecular flexibility index (Phi) is 2.78. The van der Waals surface area contributed by atoms with Gasteiger partial charge in [-0.2, -0.15) is 0 Å². The maximum absolute atomic E-state index is 11.9. The Labute approximate surface area is 92.6 Å². The lowest BCUT2D eigenvalue weighted by Gasteiger charge is -2.05. The van der Waals surface area contributed by atoms with E-state index in [1.54, 1.807) is 7.05 Å². The predicted octanol–water partition coefficient (Wildman–Crippen LogP) is 1.08. The van der Waals surface area contributed by atoms with Crippen molar-refractivity contribution in [2.75, 3.05) is 6.61 Å². The van der Waals surface area contributed by atoms with E-state index in [4.69, 9.17) is 9.84 Å². The molecular formula is C11H13NO4. The normalized spacial score (nSPS) is 19.9. The van der Waals surface area contributed by atoms with Crippen LogP contribution in [0.3, 0.4) is 0 Å². The summed E-state index contributed by atoms with van der Waals surface area (Å²) in [6.45, 7) is 0.606. The fourth-order valence-corrected chi connectivity index (χ4v) is 1.88. The number of carboxylic acid groups (broad SMARTS) is 1. The highest BCUT2D eigenvalue weighted by Crippen LogP contribution is 2.18. The highest BCUT2D eigenvalue weighted by molar-refractivity contribution is 6.01. The van der Waals surface area contributed by atoms with Crippen molar-refractivity contribution < 1.29 is 19.4 Å². The van der Waals surface area contributed by atoms with Crippen molar-refractivity contribution in [1.29, 1.82) is 0 Å². The first kappa shape index (κ1) is 10.9. The average Bonchev–Trinajstić information content (AvgIpc) is 2.84. The second-order valence-electron chi connectivity index (χ2n) is 3.90. The Morgan fingerprint density at radius 3 is 2.81 bits per heavy atom. The van der Waals surface area contributed by atoms with Gasteiger partial charge in [0.1, 0.15) is 11.8 Å². The number of ketones is 1. The molecule has 0 radical (unpaired) electrons. The van der Waals surface area contributed by atoms with Gasteiger partial charge in [0.05, 0.1) is 0 Å². The lowest BCUT2D eigenvalue weighted by molar-refractivity contribution is 0.0643. The van der Waals surface area contributed by atoms with Crippen LogP contribution in [-0.2, 0) is 11.8 Å². The molecule has 1 saturated heterocycles. The molecule has 0 amide bonds. The molecule has 2 rings (SSSR count). The number of Topliss-reactive ketones (excluding diaryl/α,β-unsaturated/α-hetero) is 1. The Morgan fingerprint density at radius 2 is 2.31 bits per heavy atom. The molecule has 0 saturated carbocycles. The zero-order chi connectivity index (χ0) is 11.7. The molecule has 1 aliphatic rings. The molecule has 2 heterocycles. The molecule has 1 aromatic heterocycles. The highest BCUT2D eigenvalue weighted by Gasteiger charge is 2.26. The van der Waals surface area contributed by atoms with Gasteiger partial charge in [-0.3, -0.25) is 4.79 Å². The monoisotopic (exact) mass is 223 g/mol. The highest BCUT2D eigenvalue weighted by atomic mass is 16.5. The first-order valence-corrected chi connectivity index (χ1v) is 5.15.